The van der Waals surface area contributed by atoms with Crippen LogP contribution in [0.4, 0.5) is 4.79 Å². The minimum absolute atomic E-state index is 0.0634. The molecule has 2 aliphatic heterocycles. The maximum atomic E-state index is 12.0. The molecule has 14 heteroatoms. The second-order valence-electron chi connectivity index (χ2n) is 6.60. The summed E-state index contributed by atoms with van der Waals surface area (Å²) in [5, 5.41) is 42.0. The number of hydrogen-bond acceptors (Lipinski definition) is 8. The summed E-state index contributed by atoms with van der Waals surface area (Å²) < 4.78 is 34.0. The highest BCUT2D eigenvalue weighted by Crippen LogP contribution is 2.41. The van der Waals surface area contributed by atoms with Gasteiger partial charge < -0.3 is 20.6 Å². The zero-order valence-corrected chi connectivity index (χ0v) is 15.9. The van der Waals surface area contributed by atoms with Crippen molar-refractivity contribution in [1.82, 2.24) is 14.9 Å². The molecule has 1 unspecified atom stereocenters. The zero-order chi connectivity index (χ0) is 20.9. The largest absolute Gasteiger partial charge is 0.494 e. The molecule has 0 aromatic carbocycles. The molecule has 0 aliphatic carbocycles. The van der Waals surface area contributed by atoms with E-state index in [2.05, 4.69) is 5.32 Å². The van der Waals surface area contributed by atoms with Crippen LogP contribution >= 0.6 is 11.8 Å². The van der Waals surface area contributed by atoms with Crippen LogP contribution in [0.3, 0.4) is 0 Å². The van der Waals surface area contributed by atoms with Crippen LogP contribution in [0.15, 0.2) is 12.1 Å². The predicted octanol–water partition coefficient (Wildman–Crippen LogP) is -0.0382. The summed E-state index contributed by atoms with van der Waals surface area (Å²) in [6, 6.07) is 0.330. The van der Waals surface area contributed by atoms with Crippen LogP contribution < -0.4 is 5.32 Å². The van der Waals surface area contributed by atoms with E-state index in [0.717, 1.165) is 12.1 Å². The number of carboxylic acids is 1. The molecule has 12 nitrogen and oxygen atoms in total. The van der Waals surface area contributed by atoms with E-state index in [0.29, 0.717) is 10.8 Å². The van der Waals surface area contributed by atoms with Crippen LogP contribution in [-0.2, 0) is 19.8 Å². The van der Waals surface area contributed by atoms with Gasteiger partial charge in [-0.2, -0.15) is 25.2 Å². The van der Waals surface area contributed by atoms with Gasteiger partial charge in [-0.15, -0.1) is 0 Å². The fourth-order valence-electron chi connectivity index (χ4n) is 3.75. The number of carboxylic acid groups (broad SMARTS) is 1. The van der Waals surface area contributed by atoms with Crippen LogP contribution in [0.1, 0.15) is 19.3 Å². The minimum Gasteiger partial charge on any atom is -0.494 e. The number of carbonyl (C=O) groups is 2. The predicted molar refractivity (Wildman–Crippen MR) is 94.8 cm³/mol. The first kappa shape index (κ1) is 20.6. The fraction of sp³-hybridized carbons (Fsp3) is 0.571. The summed E-state index contributed by atoms with van der Waals surface area (Å²) in [6.07, 6.45) is -0.518. The van der Waals surface area contributed by atoms with Crippen molar-refractivity contribution in [2.24, 2.45) is 0 Å². The van der Waals surface area contributed by atoms with Crippen molar-refractivity contribution in [1.29, 1.82) is 0 Å². The van der Waals surface area contributed by atoms with Gasteiger partial charge in [-0.25, -0.2) is 9.59 Å². The van der Waals surface area contributed by atoms with E-state index in [4.69, 9.17) is 0 Å². The molecule has 1 aromatic rings. The van der Waals surface area contributed by atoms with Crippen molar-refractivity contribution in [3.8, 4) is 11.8 Å². The third kappa shape index (κ3) is 3.05. The highest BCUT2D eigenvalue weighted by Gasteiger charge is 2.55. The molecule has 3 rings (SSSR count). The van der Waals surface area contributed by atoms with E-state index in [1.165, 1.54) is 11.8 Å². The first-order valence-corrected chi connectivity index (χ1v) is 10.7. The maximum absolute atomic E-state index is 12.0. The van der Waals surface area contributed by atoms with Gasteiger partial charge in [0.05, 0.1) is 12.1 Å². The maximum Gasteiger partial charge on any atom is 0.348 e. The quantitative estimate of drug-likeness (QED) is 0.192. The van der Waals surface area contributed by atoms with E-state index in [1.807, 2.05) is 0 Å². The van der Waals surface area contributed by atoms with E-state index in [-0.39, 0.29) is 28.7 Å². The Bertz CT molecular complexity index is 882. The van der Waals surface area contributed by atoms with Gasteiger partial charge >= 0.3 is 22.1 Å². The number of nitrogens with one attached hydrogen (secondary N) is 1. The molecule has 28 heavy (non-hydrogen) atoms. The molecule has 2 saturated heterocycles. The van der Waals surface area contributed by atoms with Crippen molar-refractivity contribution in [2.45, 2.75) is 41.5 Å². The molecule has 2 fully saturated rings. The molecule has 0 spiro atoms. The molecule has 2 aliphatic rings. The Labute approximate surface area is 163 Å². The zero-order valence-electron chi connectivity index (χ0n) is 14.3. The van der Waals surface area contributed by atoms with Gasteiger partial charge in [-0.05, 0) is 19.3 Å². The monoisotopic (exact) mass is 437 g/mol. The van der Waals surface area contributed by atoms with Gasteiger partial charge in [-0.1, -0.05) is 0 Å². The number of urea groups is 1. The lowest BCUT2D eigenvalue weighted by Gasteiger charge is -2.29. The number of carbonyl (C=O) groups excluding carboxylic acids is 1. The normalized spacial score (nSPS) is 26.7. The summed E-state index contributed by atoms with van der Waals surface area (Å²) in [7, 11) is -5.32. The molecular formula is C14H19N3O9S2. The Morgan fingerprint density at radius 2 is 1.93 bits per heavy atom. The molecule has 3 heterocycles. The number of amides is 2. The minimum atomic E-state index is -5.32. The van der Waals surface area contributed by atoms with Gasteiger partial charge in [-0.3, -0.25) is 14.3 Å². The molecule has 0 radical (unpaired) electrons. The van der Waals surface area contributed by atoms with Crippen LogP contribution in [0.2, 0.25) is 0 Å². The molecule has 6 N–H and O–H groups in total. The Morgan fingerprint density at radius 3 is 2.46 bits per heavy atom. The van der Waals surface area contributed by atoms with Crippen LogP contribution in [0, 0.1) is 0 Å². The van der Waals surface area contributed by atoms with E-state index in [1.54, 1.807) is 0 Å². The fourth-order valence-corrected chi connectivity index (χ4v) is 6.36. The summed E-state index contributed by atoms with van der Waals surface area (Å²) in [5.41, 5.74) is 0. The van der Waals surface area contributed by atoms with E-state index in [9.17, 15) is 43.1 Å². The van der Waals surface area contributed by atoms with Gasteiger partial charge in [0, 0.05) is 23.1 Å². The van der Waals surface area contributed by atoms with E-state index >= 15 is 0 Å². The number of fused-ring (bicyclic) bond motifs is 1. The van der Waals surface area contributed by atoms with Gasteiger partial charge in [0.15, 0.2) is 11.8 Å². The van der Waals surface area contributed by atoms with Gasteiger partial charge in [0.1, 0.15) is 0 Å². The lowest BCUT2D eigenvalue weighted by atomic mass is 10.0. The summed E-state index contributed by atoms with van der Waals surface area (Å²) in [5.74, 6) is -3.14. The molecule has 2 amide bonds. The Kier molecular flexibility index (Phi) is 5.16. The third-order valence-electron chi connectivity index (χ3n) is 5.05. The second-order valence-corrected chi connectivity index (χ2v) is 9.50. The number of aliphatic carboxylic acids is 1. The first-order chi connectivity index (χ1) is 13.0. The molecule has 1 aromatic heterocycles. The number of hydroxylamine groups is 2. The lowest BCUT2D eigenvalue weighted by Crippen LogP contribution is -2.48. The van der Waals surface area contributed by atoms with Crippen LogP contribution in [-0.4, -0.2) is 78.2 Å². The molecule has 0 saturated carbocycles. The number of hydrogen-bond donors (Lipinski definition) is 6. The molecule has 4 atom stereocenters. The summed E-state index contributed by atoms with van der Waals surface area (Å²) in [4.78, 5) is 20.4. The number of nitrogens with zero attached hydrogens (tertiary/aromatic N) is 2. The Morgan fingerprint density at radius 1 is 1.32 bits per heavy atom. The standard InChI is InChI=1S/C14H19N3O9S2/c18-9-3-4-10(19)16(9)14(12(20)21,28(24,25)26)5-1-2-8-11-7(6-27-8)15-13(22)17(11)23/h3-4,7-8,11,18-19,23H,1-2,5-6H2,(H,15,22)(H,20,21)(H,24,25,26)/t7-,8-,11-,14?/m0/s1. The summed E-state index contributed by atoms with van der Waals surface area (Å²) in [6.45, 7) is 0. The number of thioether (sulfide) groups is 1. The van der Waals surface area contributed by atoms with Crippen molar-refractivity contribution in [3.05, 3.63) is 12.1 Å². The summed E-state index contributed by atoms with van der Waals surface area (Å²) >= 11 is 1.43. The lowest BCUT2D eigenvalue weighted by molar-refractivity contribution is -0.144. The Hall–Kier alpha value is -2.16. The van der Waals surface area contributed by atoms with Crippen LogP contribution in [0.5, 0.6) is 11.8 Å². The van der Waals surface area contributed by atoms with Gasteiger partial charge in [0.2, 0.25) is 0 Å². The smallest absolute Gasteiger partial charge is 0.348 e. The Balaban J connectivity index is 1.84. The number of rotatable bonds is 7. The molecule has 0 bridgehead atoms. The topological polar surface area (TPSA) is 190 Å². The highest BCUT2D eigenvalue weighted by molar-refractivity contribution is 8.00. The van der Waals surface area contributed by atoms with Crippen LogP contribution in [0.25, 0.3) is 0 Å². The van der Waals surface area contributed by atoms with E-state index < -0.39 is 51.2 Å². The molecular weight excluding hydrogens is 418 g/mol. The molecule has 156 valence electrons. The second kappa shape index (κ2) is 7.02. The average molecular weight is 437 g/mol. The van der Waals surface area contributed by atoms with Crippen molar-refractivity contribution >= 4 is 33.9 Å². The first-order valence-electron chi connectivity index (χ1n) is 8.21. The average Bonchev–Trinajstić information content (AvgIpc) is 3.21. The van der Waals surface area contributed by atoms with Crippen molar-refractivity contribution in [2.75, 3.05) is 5.75 Å². The number of aromatic hydroxyl groups is 2. The highest BCUT2D eigenvalue weighted by atomic mass is 32.2. The third-order valence-corrected chi connectivity index (χ3v) is 7.96. The SMILES string of the molecule is O=C1N[C@H]2CS[C@@H](CCCC(C(=O)O)(n3c(O)ccc3O)S(=O)(=O)O)[C@H]2N1O. The number of aromatic nitrogens is 1. The van der Waals surface area contributed by atoms with Crippen molar-refractivity contribution in [3.63, 3.8) is 0 Å². The van der Waals surface area contributed by atoms with Gasteiger partial charge in [0.25, 0.3) is 4.87 Å². The van der Waals surface area contributed by atoms with Crippen molar-refractivity contribution < 1.29 is 43.1 Å².